The van der Waals surface area contributed by atoms with E-state index < -0.39 is 0 Å². The van der Waals surface area contributed by atoms with E-state index in [2.05, 4.69) is 17.3 Å². The number of carbonyl (C=O) groups excluding carboxylic acids is 1. The SMILES string of the molecule is CCCOc1ccc2c(c1)OCC(C(=O)Nc1cnn(C)c1)=C2. The van der Waals surface area contributed by atoms with Gasteiger partial charge in [0, 0.05) is 24.9 Å². The summed E-state index contributed by atoms with van der Waals surface area (Å²) in [5.74, 6) is 1.33. The third-order valence-corrected chi connectivity index (χ3v) is 3.43. The third kappa shape index (κ3) is 3.53. The molecule has 0 unspecified atom stereocenters. The number of anilines is 1. The predicted octanol–water partition coefficient (Wildman–Crippen LogP) is 2.62. The molecule has 3 rings (SSSR count). The third-order valence-electron chi connectivity index (χ3n) is 3.43. The normalized spacial score (nSPS) is 12.9. The van der Waals surface area contributed by atoms with Gasteiger partial charge in [-0.25, -0.2) is 0 Å². The van der Waals surface area contributed by atoms with Crippen LogP contribution in [0.3, 0.4) is 0 Å². The minimum Gasteiger partial charge on any atom is -0.493 e. The minimum absolute atomic E-state index is 0.185. The standard InChI is InChI=1S/C17H19N3O3/c1-3-6-22-15-5-4-12-7-13(11-23-16(12)8-15)17(21)19-14-9-18-20(2)10-14/h4-5,7-10H,3,6,11H2,1-2H3,(H,19,21). The van der Waals surface area contributed by atoms with Gasteiger partial charge in [0.1, 0.15) is 18.1 Å². The van der Waals surface area contributed by atoms with E-state index in [4.69, 9.17) is 9.47 Å². The average Bonchev–Trinajstić information content (AvgIpc) is 2.97. The van der Waals surface area contributed by atoms with Gasteiger partial charge < -0.3 is 14.8 Å². The number of hydrogen-bond donors (Lipinski definition) is 1. The number of nitrogens with one attached hydrogen (secondary N) is 1. The summed E-state index contributed by atoms with van der Waals surface area (Å²) in [4.78, 5) is 12.3. The van der Waals surface area contributed by atoms with Gasteiger partial charge in [-0.2, -0.15) is 5.10 Å². The minimum atomic E-state index is -0.185. The summed E-state index contributed by atoms with van der Waals surface area (Å²) in [6, 6.07) is 5.64. The van der Waals surface area contributed by atoms with Crippen molar-refractivity contribution in [2.75, 3.05) is 18.5 Å². The molecule has 1 amide bonds. The Labute approximate surface area is 134 Å². The summed E-state index contributed by atoms with van der Waals surface area (Å²) in [7, 11) is 1.80. The van der Waals surface area contributed by atoms with Gasteiger partial charge in [0.2, 0.25) is 0 Å². The van der Waals surface area contributed by atoms with Crippen molar-refractivity contribution in [2.24, 2.45) is 7.05 Å². The zero-order valence-corrected chi connectivity index (χ0v) is 13.2. The number of ether oxygens (including phenoxy) is 2. The lowest BCUT2D eigenvalue weighted by Crippen LogP contribution is -2.21. The molecule has 120 valence electrons. The molecule has 2 heterocycles. The van der Waals surface area contributed by atoms with Crippen LogP contribution in [0.4, 0.5) is 5.69 Å². The second kappa shape index (κ2) is 6.56. The van der Waals surface area contributed by atoms with Crippen LogP contribution < -0.4 is 14.8 Å². The summed E-state index contributed by atoms with van der Waals surface area (Å²) in [6.07, 6.45) is 6.14. The Morgan fingerprint density at radius 1 is 1.48 bits per heavy atom. The Hall–Kier alpha value is -2.76. The molecule has 0 aliphatic carbocycles. The molecule has 1 aromatic carbocycles. The quantitative estimate of drug-likeness (QED) is 0.921. The fraction of sp³-hybridized carbons (Fsp3) is 0.294. The molecule has 2 aromatic rings. The Bertz CT molecular complexity index is 749. The van der Waals surface area contributed by atoms with E-state index in [-0.39, 0.29) is 12.5 Å². The number of aromatic nitrogens is 2. The van der Waals surface area contributed by atoms with E-state index in [9.17, 15) is 4.79 Å². The zero-order valence-electron chi connectivity index (χ0n) is 13.2. The maximum Gasteiger partial charge on any atom is 0.255 e. The largest absolute Gasteiger partial charge is 0.493 e. The Morgan fingerprint density at radius 3 is 3.09 bits per heavy atom. The van der Waals surface area contributed by atoms with Gasteiger partial charge in [-0.3, -0.25) is 9.48 Å². The highest BCUT2D eigenvalue weighted by Crippen LogP contribution is 2.30. The number of nitrogens with zero attached hydrogens (tertiary/aromatic N) is 2. The van der Waals surface area contributed by atoms with Crippen LogP contribution >= 0.6 is 0 Å². The van der Waals surface area contributed by atoms with Crippen LogP contribution in [0, 0.1) is 0 Å². The van der Waals surface area contributed by atoms with Crippen molar-refractivity contribution in [3.63, 3.8) is 0 Å². The summed E-state index contributed by atoms with van der Waals surface area (Å²) >= 11 is 0. The molecule has 1 aliphatic heterocycles. The van der Waals surface area contributed by atoms with Gasteiger partial charge in [0.15, 0.2) is 0 Å². The molecule has 0 saturated heterocycles. The van der Waals surface area contributed by atoms with E-state index >= 15 is 0 Å². The zero-order chi connectivity index (χ0) is 16.2. The smallest absolute Gasteiger partial charge is 0.255 e. The Kier molecular flexibility index (Phi) is 4.32. The lowest BCUT2D eigenvalue weighted by atomic mass is 10.1. The molecule has 6 nitrogen and oxygen atoms in total. The number of fused-ring (bicyclic) bond motifs is 1. The highest BCUT2D eigenvalue weighted by molar-refractivity contribution is 6.07. The number of rotatable bonds is 5. The number of aryl methyl sites for hydroxylation is 1. The van der Waals surface area contributed by atoms with Crippen LogP contribution in [0.2, 0.25) is 0 Å². The van der Waals surface area contributed by atoms with E-state index in [1.807, 2.05) is 24.3 Å². The number of carbonyl (C=O) groups is 1. The molecule has 0 bridgehead atoms. The maximum absolute atomic E-state index is 12.3. The summed E-state index contributed by atoms with van der Waals surface area (Å²) in [6.45, 7) is 2.97. The molecule has 6 heteroatoms. The fourth-order valence-electron chi connectivity index (χ4n) is 2.28. The first kappa shape index (κ1) is 15.1. The van der Waals surface area contributed by atoms with Crippen LogP contribution in [-0.2, 0) is 11.8 Å². The van der Waals surface area contributed by atoms with Crippen LogP contribution in [-0.4, -0.2) is 28.9 Å². The van der Waals surface area contributed by atoms with Crippen LogP contribution in [0.1, 0.15) is 18.9 Å². The summed E-state index contributed by atoms with van der Waals surface area (Å²) < 4.78 is 12.9. The summed E-state index contributed by atoms with van der Waals surface area (Å²) in [5, 5.41) is 6.83. The van der Waals surface area contributed by atoms with E-state index in [1.165, 1.54) is 0 Å². The second-order valence-electron chi connectivity index (χ2n) is 5.36. The van der Waals surface area contributed by atoms with Gasteiger partial charge in [0.05, 0.1) is 24.1 Å². The lowest BCUT2D eigenvalue weighted by Gasteiger charge is -2.18. The van der Waals surface area contributed by atoms with E-state index in [1.54, 1.807) is 24.1 Å². The molecule has 1 N–H and O–H groups in total. The lowest BCUT2D eigenvalue weighted by molar-refractivity contribution is -0.113. The second-order valence-corrected chi connectivity index (χ2v) is 5.36. The Morgan fingerprint density at radius 2 is 2.35 bits per heavy atom. The first-order chi connectivity index (χ1) is 11.2. The number of amides is 1. The first-order valence-electron chi connectivity index (χ1n) is 7.56. The van der Waals surface area contributed by atoms with Crippen LogP contribution in [0.15, 0.2) is 36.2 Å². The van der Waals surface area contributed by atoms with Gasteiger partial charge in [-0.05, 0) is 24.6 Å². The highest BCUT2D eigenvalue weighted by Gasteiger charge is 2.18. The molecule has 23 heavy (non-hydrogen) atoms. The maximum atomic E-state index is 12.3. The Balaban J connectivity index is 1.73. The monoisotopic (exact) mass is 313 g/mol. The molecule has 0 fully saturated rings. The average molecular weight is 313 g/mol. The molecule has 0 saturated carbocycles. The molecular formula is C17H19N3O3. The molecular weight excluding hydrogens is 294 g/mol. The molecule has 0 spiro atoms. The molecule has 0 radical (unpaired) electrons. The van der Waals surface area contributed by atoms with Gasteiger partial charge in [-0.15, -0.1) is 0 Å². The van der Waals surface area contributed by atoms with Gasteiger partial charge in [0.25, 0.3) is 5.91 Å². The first-order valence-corrected chi connectivity index (χ1v) is 7.56. The van der Waals surface area contributed by atoms with Crippen molar-refractivity contribution in [1.82, 2.24) is 9.78 Å². The topological polar surface area (TPSA) is 65.4 Å². The molecule has 0 atom stereocenters. The van der Waals surface area contributed by atoms with Crippen molar-refractivity contribution in [2.45, 2.75) is 13.3 Å². The highest BCUT2D eigenvalue weighted by atomic mass is 16.5. The van der Waals surface area contributed by atoms with Crippen molar-refractivity contribution in [3.05, 3.63) is 41.7 Å². The fourth-order valence-corrected chi connectivity index (χ4v) is 2.28. The summed E-state index contributed by atoms with van der Waals surface area (Å²) in [5.41, 5.74) is 2.10. The van der Waals surface area contributed by atoms with E-state index in [0.717, 1.165) is 23.5 Å². The van der Waals surface area contributed by atoms with Crippen molar-refractivity contribution < 1.29 is 14.3 Å². The molecule has 1 aromatic heterocycles. The van der Waals surface area contributed by atoms with Crippen LogP contribution in [0.5, 0.6) is 11.5 Å². The van der Waals surface area contributed by atoms with Crippen molar-refractivity contribution >= 4 is 17.7 Å². The van der Waals surface area contributed by atoms with E-state index in [0.29, 0.717) is 17.9 Å². The van der Waals surface area contributed by atoms with Crippen LogP contribution in [0.25, 0.3) is 6.08 Å². The van der Waals surface area contributed by atoms with Crippen molar-refractivity contribution in [1.29, 1.82) is 0 Å². The number of hydrogen-bond acceptors (Lipinski definition) is 4. The molecule has 1 aliphatic rings. The van der Waals surface area contributed by atoms with Gasteiger partial charge >= 0.3 is 0 Å². The van der Waals surface area contributed by atoms with Crippen molar-refractivity contribution in [3.8, 4) is 11.5 Å². The number of benzene rings is 1. The predicted molar refractivity (Wildman–Crippen MR) is 87.5 cm³/mol. The van der Waals surface area contributed by atoms with Gasteiger partial charge in [-0.1, -0.05) is 6.92 Å².